The molecule has 6 nitrogen and oxygen atoms in total. The number of para-hydroxylation sites is 1. The average molecular weight is 427 g/mol. The van der Waals surface area contributed by atoms with Crippen LogP contribution in [-0.2, 0) is 16.0 Å². The minimum absolute atomic E-state index is 0.0303. The predicted octanol–water partition coefficient (Wildman–Crippen LogP) is 3.16. The molecule has 3 aromatic rings. The molecular formula is C21H19ClN4O2S. The zero-order chi connectivity index (χ0) is 20.1. The quantitative estimate of drug-likeness (QED) is 0.629. The van der Waals surface area contributed by atoms with Crippen LogP contribution in [0, 0.1) is 11.8 Å². The van der Waals surface area contributed by atoms with Crippen LogP contribution in [0.3, 0.4) is 0 Å². The highest BCUT2D eigenvalue weighted by Crippen LogP contribution is 2.34. The van der Waals surface area contributed by atoms with Crippen LogP contribution < -0.4 is 15.8 Å². The van der Waals surface area contributed by atoms with E-state index in [1.807, 2.05) is 55.5 Å². The van der Waals surface area contributed by atoms with Gasteiger partial charge < -0.3 is 0 Å². The number of amides is 1. The summed E-state index contributed by atoms with van der Waals surface area (Å²) in [7, 11) is 0. The molecule has 2 fully saturated rings. The standard InChI is InChI=1S/C21H19ClN4O2S/c1-11-14(10-12-6-8-13(22)9-7-12)18(27)17-19(23-11)25-26(20(17)28)21-24-15-4-2-3-5-16(15)29-21/h2-9,11,14,17,19,23,25H,10H2,1H3. The molecule has 2 aliphatic heterocycles. The number of anilines is 1. The molecule has 29 heavy (non-hydrogen) atoms. The third-order valence-electron chi connectivity index (χ3n) is 5.65. The van der Waals surface area contributed by atoms with E-state index < -0.39 is 12.1 Å². The maximum atomic E-state index is 13.3. The van der Waals surface area contributed by atoms with E-state index in [-0.39, 0.29) is 23.7 Å². The van der Waals surface area contributed by atoms with E-state index in [1.54, 1.807) is 0 Å². The van der Waals surface area contributed by atoms with Crippen molar-refractivity contribution in [3.8, 4) is 0 Å². The SMILES string of the molecule is CC1NC2NN(c3nc4ccccc4s3)C(=O)C2C(=O)C1Cc1ccc(Cl)cc1. The van der Waals surface area contributed by atoms with Crippen LogP contribution in [0.25, 0.3) is 10.2 Å². The summed E-state index contributed by atoms with van der Waals surface area (Å²) in [6.07, 6.45) is 0.153. The lowest BCUT2D eigenvalue weighted by Crippen LogP contribution is -2.59. The van der Waals surface area contributed by atoms with Crippen molar-refractivity contribution >= 4 is 50.0 Å². The van der Waals surface area contributed by atoms with Crippen molar-refractivity contribution in [1.29, 1.82) is 0 Å². The number of benzene rings is 2. The van der Waals surface area contributed by atoms with Gasteiger partial charge in [0.05, 0.1) is 16.4 Å². The number of nitrogens with one attached hydrogen (secondary N) is 2. The molecule has 0 bridgehead atoms. The number of thiazole rings is 1. The third-order valence-corrected chi connectivity index (χ3v) is 6.92. The highest BCUT2D eigenvalue weighted by Gasteiger charge is 2.52. The van der Waals surface area contributed by atoms with Crippen molar-refractivity contribution in [3.63, 3.8) is 0 Å². The molecule has 5 rings (SSSR count). The van der Waals surface area contributed by atoms with E-state index in [4.69, 9.17) is 11.6 Å². The smallest absolute Gasteiger partial charge is 0.257 e. The molecule has 0 aliphatic carbocycles. The lowest BCUT2D eigenvalue weighted by Gasteiger charge is -2.35. The molecule has 8 heteroatoms. The number of hydrogen-bond acceptors (Lipinski definition) is 6. The minimum Gasteiger partial charge on any atom is -0.298 e. The van der Waals surface area contributed by atoms with Crippen molar-refractivity contribution in [2.45, 2.75) is 25.6 Å². The van der Waals surface area contributed by atoms with Gasteiger partial charge in [-0.1, -0.05) is 47.2 Å². The van der Waals surface area contributed by atoms with Gasteiger partial charge in [-0.2, -0.15) is 0 Å². The van der Waals surface area contributed by atoms with Gasteiger partial charge in [-0.15, -0.1) is 0 Å². The number of piperidine rings is 1. The predicted molar refractivity (Wildman–Crippen MR) is 114 cm³/mol. The van der Waals surface area contributed by atoms with E-state index in [1.165, 1.54) is 16.3 Å². The van der Waals surface area contributed by atoms with E-state index in [2.05, 4.69) is 15.7 Å². The van der Waals surface area contributed by atoms with Crippen molar-refractivity contribution < 1.29 is 9.59 Å². The molecule has 1 aromatic heterocycles. The van der Waals surface area contributed by atoms with Gasteiger partial charge in [0.1, 0.15) is 5.92 Å². The monoisotopic (exact) mass is 426 g/mol. The lowest BCUT2D eigenvalue weighted by molar-refractivity contribution is -0.136. The van der Waals surface area contributed by atoms with Crippen LogP contribution >= 0.6 is 22.9 Å². The second-order valence-electron chi connectivity index (χ2n) is 7.52. The van der Waals surface area contributed by atoms with Gasteiger partial charge in [-0.3, -0.25) is 14.9 Å². The molecule has 0 radical (unpaired) electrons. The number of carbonyl (C=O) groups is 2. The first-order valence-corrected chi connectivity index (χ1v) is 10.7. The fraction of sp³-hybridized carbons (Fsp3) is 0.286. The van der Waals surface area contributed by atoms with Gasteiger partial charge >= 0.3 is 0 Å². The Morgan fingerprint density at radius 3 is 2.66 bits per heavy atom. The number of hydrazine groups is 1. The lowest BCUT2D eigenvalue weighted by atomic mass is 9.79. The normalized spacial score (nSPS) is 26.9. The fourth-order valence-electron chi connectivity index (χ4n) is 4.11. The van der Waals surface area contributed by atoms with E-state index >= 15 is 0 Å². The summed E-state index contributed by atoms with van der Waals surface area (Å²) >= 11 is 7.40. The Balaban J connectivity index is 1.40. The molecule has 2 aromatic carbocycles. The number of aromatic nitrogens is 1. The summed E-state index contributed by atoms with van der Waals surface area (Å²) in [6.45, 7) is 1.99. The zero-order valence-corrected chi connectivity index (χ0v) is 17.2. The van der Waals surface area contributed by atoms with Gasteiger partial charge in [-0.25, -0.2) is 15.4 Å². The third kappa shape index (κ3) is 3.24. The topological polar surface area (TPSA) is 74.3 Å². The van der Waals surface area contributed by atoms with Crippen LogP contribution in [0.15, 0.2) is 48.5 Å². The summed E-state index contributed by atoms with van der Waals surface area (Å²) in [5.74, 6) is -1.31. The Bertz CT molecular complexity index is 1070. The van der Waals surface area contributed by atoms with Gasteiger partial charge in [-0.05, 0) is 43.2 Å². The molecule has 3 heterocycles. The first-order valence-electron chi connectivity index (χ1n) is 9.51. The Morgan fingerprint density at radius 2 is 1.90 bits per heavy atom. The Hall–Kier alpha value is -2.32. The maximum Gasteiger partial charge on any atom is 0.257 e. The summed E-state index contributed by atoms with van der Waals surface area (Å²) < 4.78 is 1.00. The van der Waals surface area contributed by atoms with Crippen LogP contribution in [0.2, 0.25) is 5.02 Å². The molecule has 2 N–H and O–H groups in total. The maximum absolute atomic E-state index is 13.3. The number of ketones is 1. The highest BCUT2D eigenvalue weighted by molar-refractivity contribution is 7.22. The van der Waals surface area contributed by atoms with Crippen molar-refractivity contribution in [1.82, 2.24) is 15.7 Å². The average Bonchev–Trinajstić information content (AvgIpc) is 3.27. The summed E-state index contributed by atoms with van der Waals surface area (Å²) in [5, 5.41) is 6.06. The summed E-state index contributed by atoms with van der Waals surface area (Å²) in [5.41, 5.74) is 5.02. The number of rotatable bonds is 3. The van der Waals surface area contributed by atoms with Crippen LogP contribution in [-0.4, -0.2) is 28.9 Å². The van der Waals surface area contributed by atoms with Crippen molar-refractivity contribution in [2.24, 2.45) is 11.8 Å². The Morgan fingerprint density at radius 1 is 1.14 bits per heavy atom. The van der Waals surface area contributed by atoms with Crippen molar-refractivity contribution in [3.05, 3.63) is 59.1 Å². The number of nitrogens with zero attached hydrogens (tertiary/aromatic N) is 2. The second-order valence-corrected chi connectivity index (χ2v) is 8.96. The second kappa shape index (κ2) is 7.18. The molecule has 0 spiro atoms. The minimum atomic E-state index is -0.754. The number of carbonyl (C=O) groups excluding carboxylic acids is 2. The van der Waals surface area contributed by atoms with Gasteiger partial charge in [0.25, 0.3) is 5.91 Å². The van der Waals surface area contributed by atoms with Crippen LogP contribution in [0.4, 0.5) is 5.13 Å². The molecule has 0 saturated carbocycles. The molecule has 2 saturated heterocycles. The highest BCUT2D eigenvalue weighted by atomic mass is 35.5. The van der Waals surface area contributed by atoms with Crippen LogP contribution in [0.5, 0.6) is 0 Å². The van der Waals surface area contributed by atoms with E-state index in [0.717, 1.165) is 15.8 Å². The Labute approximate surface area is 176 Å². The molecule has 2 aliphatic rings. The first kappa shape index (κ1) is 18.7. The number of Topliss-reactive ketones (excluding diaryl/α,β-unsaturated/α-hetero) is 1. The number of hydrogen-bond donors (Lipinski definition) is 2. The fourth-order valence-corrected chi connectivity index (χ4v) is 5.18. The largest absolute Gasteiger partial charge is 0.298 e. The number of halogens is 1. The van der Waals surface area contributed by atoms with E-state index in [0.29, 0.717) is 16.6 Å². The molecule has 4 unspecified atom stereocenters. The van der Waals surface area contributed by atoms with Crippen LogP contribution in [0.1, 0.15) is 12.5 Å². The first-order chi connectivity index (χ1) is 14.0. The Kier molecular flexibility index (Phi) is 4.63. The molecule has 148 valence electrons. The van der Waals surface area contributed by atoms with Gasteiger partial charge in [0.2, 0.25) is 5.13 Å². The zero-order valence-electron chi connectivity index (χ0n) is 15.6. The molecule has 1 amide bonds. The molecular weight excluding hydrogens is 408 g/mol. The van der Waals surface area contributed by atoms with E-state index in [9.17, 15) is 9.59 Å². The summed E-state index contributed by atoms with van der Waals surface area (Å²) in [6, 6.07) is 15.2. The van der Waals surface area contributed by atoms with Gasteiger partial charge in [0, 0.05) is 17.0 Å². The van der Waals surface area contributed by atoms with Crippen molar-refractivity contribution in [2.75, 3.05) is 5.01 Å². The van der Waals surface area contributed by atoms with Gasteiger partial charge in [0.15, 0.2) is 5.78 Å². The summed E-state index contributed by atoms with van der Waals surface area (Å²) in [4.78, 5) is 31.0. The number of fused-ring (bicyclic) bond motifs is 2. The molecule has 4 atom stereocenters.